The Morgan fingerprint density at radius 3 is 2.39 bits per heavy atom. The summed E-state index contributed by atoms with van der Waals surface area (Å²) in [7, 11) is -3.59. The third kappa shape index (κ3) is 5.04. The predicted octanol–water partition coefficient (Wildman–Crippen LogP) is 4.04. The monoisotopic (exact) mass is 423 g/mol. The molecule has 8 heteroatoms. The van der Waals surface area contributed by atoms with Crippen molar-refractivity contribution in [1.29, 1.82) is 0 Å². The number of sulfonamides is 1. The Morgan fingerprint density at radius 1 is 1.07 bits per heavy atom. The van der Waals surface area contributed by atoms with Crippen LogP contribution in [-0.4, -0.2) is 38.3 Å². The summed E-state index contributed by atoms with van der Waals surface area (Å²) in [5.74, 6) is -0.278. The van der Waals surface area contributed by atoms with Crippen molar-refractivity contribution in [2.45, 2.75) is 32.6 Å². The van der Waals surface area contributed by atoms with E-state index < -0.39 is 10.0 Å². The predicted molar refractivity (Wildman–Crippen MR) is 115 cm³/mol. The van der Waals surface area contributed by atoms with Crippen LogP contribution >= 0.6 is 11.6 Å². The average molecular weight is 424 g/mol. The van der Waals surface area contributed by atoms with Crippen LogP contribution in [0.5, 0.6) is 0 Å². The second-order valence-corrected chi connectivity index (χ2v) is 8.73. The van der Waals surface area contributed by atoms with Crippen LogP contribution in [0.15, 0.2) is 41.3 Å². The molecule has 0 aromatic heterocycles. The number of nitrogens with one attached hydrogen (secondary N) is 2. The summed E-state index contributed by atoms with van der Waals surface area (Å²) in [6, 6.07) is 10.2. The number of aryl methyl sites for hydroxylation is 1. The van der Waals surface area contributed by atoms with Crippen LogP contribution in [0.3, 0.4) is 0 Å². The first-order valence-electron chi connectivity index (χ1n) is 9.10. The van der Waals surface area contributed by atoms with Gasteiger partial charge >= 0.3 is 0 Å². The second kappa shape index (κ2) is 9.41. The minimum atomic E-state index is -3.59. The highest BCUT2D eigenvalue weighted by molar-refractivity contribution is 7.89. The number of anilines is 2. The van der Waals surface area contributed by atoms with Gasteiger partial charge in [-0.3, -0.25) is 4.79 Å². The van der Waals surface area contributed by atoms with Gasteiger partial charge < -0.3 is 10.6 Å². The van der Waals surface area contributed by atoms with Gasteiger partial charge in [-0.25, -0.2) is 8.42 Å². The Bertz CT molecular complexity index is 957. The average Bonchev–Trinajstić information content (AvgIpc) is 2.65. The van der Waals surface area contributed by atoms with Crippen molar-refractivity contribution < 1.29 is 13.2 Å². The standard InChI is InChI=1S/C20H26ClN3O3S/c1-5-24(6-2)28(26,27)16-11-10-14(3)19(12-16)23-20(25)13-22-18-9-7-8-17(21)15(18)4/h7-12,22H,5-6,13H2,1-4H3,(H,23,25). The van der Waals surface area contributed by atoms with E-state index in [2.05, 4.69) is 10.6 Å². The third-order valence-electron chi connectivity index (χ3n) is 4.53. The molecule has 2 aromatic carbocycles. The Morgan fingerprint density at radius 2 is 1.75 bits per heavy atom. The van der Waals surface area contributed by atoms with Crippen LogP contribution in [0.4, 0.5) is 11.4 Å². The second-order valence-electron chi connectivity index (χ2n) is 6.38. The maximum absolute atomic E-state index is 12.7. The number of halogens is 1. The Balaban J connectivity index is 2.15. The quantitative estimate of drug-likeness (QED) is 0.671. The molecule has 0 saturated heterocycles. The zero-order chi connectivity index (χ0) is 20.9. The zero-order valence-electron chi connectivity index (χ0n) is 16.5. The lowest BCUT2D eigenvalue weighted by Gasteiger charge is -2.19. The van der Waals surface area contributed by atoms with Crippen LogP contribution < -0.4 is 10.6 Å². The van der Waals surface area contributed by atoms with Gasteiger partial charge in [0.05, 0.1) is 11.4 Å². The van der Waals surface area contributed by atoms with Crippen LogP contribution in [0.25, 0.3) is 0 Å². The number of rotatable bonds is 8. The summed E-state index contributed by atoms with van der Waals surface area (Å²) in [5.41, 5.74) is 2.89. The van der Waals surface area contributed by atoms with Crippen molar-refractivity contribution in [2.75, 3.05) is 30.3 Å². The summed E-state index contributed by atoms with van der Waals surface area (Å²) < 4.78 is 26.8. The van der Waals surface area contributed by atoms with E-state index in [0.29, 0.717) is 23.8 Å². The van der Waals surface area contributed by atoms with Crippen LogP contribution in [-0.2, 0) is 14.8 Å². The smallest absolute Gasteiger partial charge is 0.243 e. The van der Waals surface area contributed by atoms with Gasteiger partial charge in [0.25, 0.3) is 0 Å². The number of benzene rings is 2. The first kappa shape index (κ1) is 22.2. The first-order chi connectivity index (χ1) is 13.2. The first-order valence-corrected chi connectivity index (χ1v) is 10.9. The Kier molecular flexibility index (Phi) is 7.46. The minimum absolute atomic E-state index is 0.0354. The van der Waals surface area contributed by atoms with Crippen molar-refractivity contribution in [2.24, 2.45) is 0 Å². The van der Waals surface area contributed by atoms with Crippen molar-refractivity contribution in [3.8, 4) is 0 Å². The van der Waals surface area contributed by atoms with Gasteiger partial charge in [-0.15, -0.1) is 0 Å². The molecule has 0 aliphatic rings. The molecule has 0 heterocycles. The van der Waals surface area contributed by atoms with Gasteiger partial charge in [0.2, 0.25) is 15.9 Å². The fourth-order valence-corrected chi connectivity index (χ4v) is 4.44. The molecule has 6 nitrogen and oxygen atoms in total. The number of carbonyl (C=O) groups is 1. The van der Waals surface area contributed by atoms with E-state index in [-0.39, 0.29) is 17.3 Å². The number of hydrogen-bond acceptors (Lipinski definition) is 4. The van der Waals surface area contributed by atoms with Gasteiger partial charge in [0, 0.05) is 29.5 Å². The molecule has 0 unspecified atom stereocenters. The minimum Gasteiger partial charge on any atom is -0.376 e. The molecule has 0 saturated carbocycles. The molecular weight excluding hydrogens is 398 g/mol. The number of nitrogens with zero attached hydrogens (tertiary/aromatic N) is 1. The van der Waals surface area contributed by atoms with E-state index in [1.807, 2.05) is 19.9 Å². The zero-order valence-corrected chi connectivity index (χ0v) is 18.1. The van der Waals surface area contributed by atoms with E-state index in [9.17, 15) is 13.2 Å². The van der Waals surface area contributed by atoms with Crippen molar-refractivity contribution in [3.05, 3.63) is 52.5 Å². The summed E-state index contributed by atoms with van der Waals surface area (Å²) >= 11 is 6.09. The molecule has 2 rings (SSSR count). The lowest BCUT2D eigenvalue weighted by Crippen LogP contribution is -2.30. The molecule has 0 aliphatic carbocycles. The van der Waals surface area contributed by atoms with Crippen molar-refractivity contribution in [3.63, 3.8) is 0 Å². The maximum atomic E-state index is 12.7. The lowest BCUT2D eigenvalue weighted by molar-refractivity contribution is -0.114. The summed E-state index contributed by atoms with van der Waals surface area (Å²) in [6.45, 7) is 8.08. The number of carbonyl (C=O) groups excluding carboxylic acids is 1. The molecular formula is C20H26ClN3O3S. The maximum Gasteiger partial charge on any atom is 0.243 e. The third-order valence-corrected chi connectivity index (χ3v) is 6.99. The largest absolute Gasteiger partial charge is 0.376 e. The van der Waals surface area contributed by atoms with Crippen LogP contribution in [0, 0.1) is 13.8 Å². The highest BCUT2D eigenvalue weighted by atomic mass is 35.5. The highest BCUT2D eigenvalue weighted by Gasteiger charge is 2.22. The van der Waals surface area contributed by atoms with E-state index in [1.165, 1.54) is 10.4 Å². The van der Waals surface area contributed by atoms with Gasteiger partial charge in [-0.1, -0.05) is 37.6 Å². The van der Waals surface area contributed by atoms with Crippen molar-refractivity contribution in [1.82, 2.24) is 4.31 Å². The molecule has 2 aromatic rings. The Hall–Kier alpha value is -2.09. The Labute approximate surface area is 171 Å². The van der Waals surface area contributed by atoms with Gasteiger partial charge in [-0.05, 0) is 49.2 Å². The van der Waals surface area contributed by atoms with Crippen LogP contribution in [0.2, 0.25) is 5.02 Å². The lowest BCUT2D eigenvalue weighted by atomic mass is 10.2. The summed E-state index contributed by atoms with van der Waals surface area (Å²) in [5, 5.41) is 6.46. The molecule has 152 valence electrons. The summed E-state index contributed by atoms with van der Waals surface area (Å²) in [6.07, 6.45) is 0. The van der Waals surface area contributed by atoms with Crippen molar-refractivity contribution >= 4 is 38.9 Å². The van der Waals surface area contributed by atoms with E-state index in [0.717, 1.165) is 16.8 Å². The molecule has 0 radical (unpaired) electrons. The fourth-order valence-electron chi connectivity index (χ4n) is 2.78. The van der Waals surface area contributed by atoms with E-state index >= 15 is 0 Å². The normalized spacial score (nSPS) is 11.5. The topological polar surface area (TPSA) is 78.5 Å². The molecule has 0 bridgehead atoms. The van der Waals surface area contributed by atoms with E-state index in [4.69, 9.17) is 11.6 Å². The highest BCUT2D eigenvalue weighted by Crippen LogP contribution is 2.24. The van der Waals surface area contributed by atoms with Gasteiger partial charge in [-0.2, -0.15) is 4.31 Å². The number of hydrogen-bond donors (Lipinski definition) is 2. The van der Waals surface area contributed by atoms with Gasteiger partial charge in [0.15, 0.2) is 0 Å². The molecule has 0 fully saturated rings. The van der Waals surface area contributed by atoms with E-state index in [1.54, 1.807) is 38.1 Å². The van der Waals surface area contributed by atoms with Gasteiger partial charge in [0.1, 0.15) is 0 Å². The molecule has 0 atom stereocenters. The summed E-state index contributed by atoms with van der Waals surface area (Å²) in [4.78, 5) is 12.5. The fraction of sp³-hybridized carbons (Fsp3) is 0.350. The SMILES string of the molecule is CCN(CC)S(=O)(=O)c1ccc(C)c(NC(=O)CNc2cccc(Cl)c2C)c1. The molecule has 0 spiro atoms. The molecule has 28 heavy (non-hydrogen) atoms. The van der Waals surface area contributed by atoms with Crippen LogP contribution in [0.1, 0.15) is 25.0 Å². The molecule has 0 aliphatic heterocycles. The molecule has 1 amide bonds. The molecule has 2 N–H and O–H groups in total. The number of amides is 1.